The number of allylic oxidation sites excluding steroid dienone is 1. The fraction of sp³-hybridized carbons (Fsp3) is 0.886. The van der Waals surface area contributed by atoms with Crippen LogP contribution in [0.2, 0.25) is 0 Å². The van der Waals surface area contributed by atoms with E-state index in [4.69, 9.17) is 9.47 Å². The molecule has 4 saturated carbocycles. The molecule has 6 aliphatic rings. The highest BCUT2D eigenvalue weighted by Gasteiger charge is 2.73. The third kappa shape index (κ3) is 4.07. The molecule has 248 valence electrons. The van der Waals surface area contributed by atoms with Gasteiger partial charge in [-0.3, -0.25) is 9.59 Å². The summed E-state index contributed by atoms with van der Waals surface area (Å²) >= 11 is 0. The van der Waals surface area contributed by atoms with Gasteiger partial charge in [-0.05, 0) is 104 Å². The summed E-state index contributed by atoms with van der Waals surface area (Å²) in [6.07, 6.45) is 3.17. The Bertz CT molecular complexity index is 1210. The zero-order valence-electron chi connectivity index (χ0n) is 27.3. The van der Waals surface area contributed by atoms with Crippen molar-refractivity contribution in [2.45, 2.75) is 130 Å². The molecular formula is C35H54O9. The molecule has 5 fully saturated rings. The Morgan fingerprint density at radius 2 is 1.57 bits per heavy atom. The summed E-state index contributed by atoms with van der Waals surface area (Å²) in [6.45, 7) is 13.2. The minimum Gasteiger partial charge on any atom is -0.481 e. The lowest BCUT2D eigenvalue weighted by atomic mass is 9.33. The number of hydrogen-bond acceptors (Lipinski definition) is 7. The first-order valence-corrected chi connectivity index (χ1v) is 17.0. The van der Waals surface area contributed by atoms with Gasteiger partial charge in [-0.15, -0.1) is 0 Å². The van der Waals surface area contributed by atoms with E-state index in [1.165, 1.54) is 0 Å². The van der Waals surface area contributed by atoms with Crippen LogP contribution >= 0.6 is 0 Å². The molecule has 0 bridgehead atoms. The molecule has 0 spiro atoms. The lowest BCUT2D eigenvalue weighted by Gasteiger charge is -2.70. The summed E-state index contributed by atoms with van der Waals surface area (Å²) in [4.78, 5) is 26.7. The molecule has 9 nitrogen and oxygen atoms in total. The highest BCUT2D eigenvalue weighted by atomic mass is 16.7. The predicted octanol–water partition coefficient (Wildman–Crippen LogP) is 4.62. The van der Waals surface area contributed by atoms with E-state index in [-0.39, 0.29) is 47.2 Å². The van der Waals surface area contributed by atoms with Gasteiger partial charge in [0.25, 0.3) is 0 Å². The normalized spacial score (nSPS) is 53.2. The van der Waals surface area contributed by atoms with Crippen LogP contribution in [-0.4, -0.2) is 74.8 Å². The topological polar surface area (TPSA) is 154 Å². The molecule has 1 heterocycles. The minimum atomic E-state index is -1.34. The average molecular weight is 619 g/mol. The second kappa shape index (κ2) is 10.5. The molecule has 0 aromatic rings. The Morgan fingerprint density at radius 1 is 0.864 bits per heavy atom. The predicted molar refractivity (Wildman–Crippen MR) is 161 cm³/mol. The molecule has 0 aromatic carbocycles. The number of carbonyl (C=O) groups is 2. The third-order valence-corrected chi connectivity index (χ3v) is 14.9. The zero-order chi connectivity index (χ0) is 32.2. The van der Waals surface area contributed by atoms with Crippen molar-refractivity contribution in [3.8, 4) is 0 Å². The van der Waals surface area contributed by atoms with Crippen molar-refractivity contribution < 1.29 is 44.6 Å². The van der Waals surface area contributed by atoms with Crippen LogP contribution in [0.15, 0.2) is 11.6 Å². The summed E-state index contributed by atoms with van der Waals surface area (Å²) in [6, 6.07) is 0. The molecule has 0 amide bonds. The van der Waals surface area contributed by atoms with Crippen LogP contribution < -0.4 is 0 Å². The molecule has 1 aliphatic heterocycles. The van der Waals surface area contributed by atoms with E-state index in [2.05, 4.69) is 47.6 Å². The van der Waals surface area contributed by atoms with Crippen molar-refractivity contribution in [2.75, 3.05) is 6.61 Å². The fourth-order valence-electron chi connectivity index (χ4n) is 12.3. The second-order valence-electron chi connectivity index (χ2n) is 16.7. The first kappa shape index (κ1) is 32.4. The number of hydrogen-bond donors (Lipinski definition) is 5. The summed E-state index contributed by atoms with van der Waals surface area (Å²) < 4.78 is 12.0. The van der Waals surface area contributed by atoms with E-state index in [0.29, 0.717) is 31.6 Å². The van der Waals surface area contributed by atoms with Crippen LogP contribution in [0, 0.1) is 56.7 Å². The smallest absolute Gasteiger partial charge is 0.314 e. The number of aliphatic carboxylic acids is 2. The monoisotopic (exact) mass is 618 g/mol. The molecule has 0 radical (unpaired) electrons. The first-order chi connectivity index (χ1) is 20.5. The standard InChI is InChI=1S/C35H54O9/c1-18-9-14-34(29(39)40)15-16-35(30(41)42)20(25(34)19(18)2)7-8-23-32(5)12-11-24(31(3,4)22(32)10-13-33(23,35)6)44-28-27(38)26(37)21(36)17-43-28/h7,18-19,21-28,36-38H,8-17H2,1-6H3,(H,39,40)(H,41,42)/t18-,19+,21+,22?,23?,24+,25?,26+,27-,28?,32+,33-,34+,35-/m1/s1. The van der Waals surface area contributed by atoms with E-state index >= 15 is 0 Å². The quantitative estimate of drug-likeness (QED) is 0.224. The van der Waals surface area contributed by atoms with Crippen LogP contribution in [0.1, 0.15) is 99.3 Å². The van der Waals surface area contributed by atoms with Crippen molar-refractivity contribution in [1.82, 2.24) is 0 Å². The van der Waals surface area contributed by atoms with E-state index < -0.39 is 52.8 Å². The minimum absolute atomic E-state index is 0.0979. The van der Waals surface area contributed by atoms with Crippen molar-refractivity contribution in [2.24, 2.45) is 56.7 Å². The second-order valence-corrected chi connectivity index (χ2v) is 16.7. The van der Waals surface area contributed by atoms with Crippen molar-refractivity contribution >= 4 is 11.9 Å². The fourth-order valence-corrected chi connectivity index (χ4v) is 12.3. The molecule has 44 heavy (non-hydrogen) atoms. The summed E-state index contributed by atoms with van der Waals surface area (Å²) in [5, 5.41) is 52.6. The van der Waals surface area contributed by atoms with Crippen molar-refractivity contribution in [3.63, 3.8) is 0 Å². The van der Waals surface area contributed by atoms with Gasteiger partial charge in [-0.25, -0.2) is 0 Å². The number of fused-ring (bicyclic) bond motifs is 7. The highest BCUT2D eigenvalue weighted by molar-refractivity contribution is 5.84. The molecule has 14 atom stereocenters. The number of rotatable bonds is 4. The van der Waals surface area contributed by atoms with E-state index in [1.54, 1.807) is 0 Å². The highest BCUT2D eigenvalue weighted by Crippen LogP contribution is 2.76. The van der Waals surface area contributed by atoms with Crippen LogP contribution in [-0.2, 0) is 19.1 Å². The maximum Gasteiger partial charge on any atom is 0.314 e. The third-order valence-electron chi connectivity index (χ3n) is 14.9. The summed E-state index contributed by atoms with van der Waals surface area (Å²) in [7, 11) is 0. The lowest BCUT2D eigenvalue weighted by molar-refractivity contribution is -0.308. The Kier molecular flexibility index (Phi) is 7.73. The summed E-state index contributed by atoms with van der Waals surface area (Å²) in [5.41, 5.74) is -2.10. The summed E-state index contributed by atoms with van der Waals surface area (Å²) in [5.74, 6) is -1.06. The van der Waals surface area contributed by atoms with Gasteiger partial charge in [0.1, 0.15) is 18.3 Å². The number of ether oxygens (including phenoxy) is 2. The maximum atomic E-state index is 13.8. The van der Waals surface area contributed by atoms with E-state index in [9.17, 15) is 35.1 Å². The van der Waals surface area contributed by atoms with Gasteiger partial charge in [0.15, 0.2) is 6.29 Å². The Balaban J connectivity index is 1.36. The molecule has 5 aliphatic carbocycles. The zero-order valence-corrected chi connectivity index (χ0v) is 27.3. The van der Waals surface area contributed by atoms with Crippen LogP contribution in [0.4, 0.5) is 0 Å². The largest absolute Gasteiger partial charge is 0.481 e. The van der Waals surface area contributed by atoms with E-state index in [0.717, 1.165) is 37.7 Å². The number of carboxylic acids is 2. The molecular weight excluding hydrogens is 564 g/mol. The van der Waals surface area contributed by atoms with Crippen LogP contribution in [0.25, 0.3) is 0 Å². The maximum absolute atomic E-state index is 13.8. The molecule has 1 saturated heterocycles. The molecule has 0 aromatic heterocycles. The van der Waals surface area contributed by atoms with Gasteiger partial charge in [-0.2, -0.15) is 0 Å². The van der Waals surface area contributed by atoms with Gasteiger partial charge < -0.3 is 35.0 Å². The Labute approximate surface area is 261 Å². The van der Waals surface area contributed by atoms with Crippen molar-refractivity contribution in [3.05, 3.63) is 11.6 Å². The van der Waals surface area contributed by atoms with Gasteiger partial charge >= 0.3 is 11.9 Å². The Hall–Kier alpha value is -1.52. The van der Waals surface area contributed by atoms with Crippen LogP contribution in [0.5, 0.6) is 0 Å². The molecule has 9 heteroatoms. The number of aliphatic hydroxyl groups excluding tert-OH is 3. The van der Waals surface area contributed by atoms with Crippen LogP contribution in [0.3, 0.4) is 0 Å². The van der Waals surface area contributed by atoms with E-state index in [1.807, 2.05) is 0 Å². The SMILES string of the molecule is C[C@@H]1CC[C@]2(C(=O)O)CC[C@]3(C(=O)O)C(=CCC4[C@@]5(C)CC[C@H](OC6OC[C@H](O)[C@H](O)[C@H]6O)C(C)(C)C5CC[C@]43C)C2[C@H]1C. The molecule has 5 N–H and O–H groups in total. The van der Waals surface area contributed by atoms with Gasteiger partial charge in [0.05, 0.1) is 23.5 Å². The number of aliphatic hydroxyl groups is 3. The number of carboxylic acid groups (broad SMARTS) is 2. The van der Waals surface area contributed by atoms with Gasteiger partial charge in [0, 0.05) is 0 Å². The first-order valence-electron chi connectivity index (χ1n) is 17.0. The molecule has 6 rings (SSSR count). The lowest BCUT2D eigenvalue weighted by Crippen LogP contribution is -2.68. The van der Waals surface area contributed by atoms with Gasteiger partial charge in [0.2, 0.25) is 0 Å². The Morgan fingerprint density at radius 3 is 2.23 bits per heavy atom. The van der Waals surface area contributed by atoms with Gasteiger partial charge in [-0.1, -0.05) is 53.2 Å². The average Bonchev–Trinajstić information content (AvgIpc) is 2.95. The van der Waals surface area contributed by atoms with Crippen molar-refractivity contribution in [1.29, 1.82) is 0 Å². The molecule has 4 unspecified atom stereocenters.